The molecule has 1 aliphatic carbocycles. The van der Waals surface area contributed by atoms with Crippen LogP contribution in [0.15, 0.2) is 24.3 Å². The number of benzene rings is 1. The van der Waals surface area contributed by atoms with Crippen molar-refractivity contribution in [2.45, 2.75) is 32.4 Å². The van der Waals surface area contributed by atoms with Crippen LogP contribution >= 0.6 is 0 Å². The van der Waals surface area contributed by atoms with Gasteiger partial charge < -0.3 is 14.7 Å². The maximum Gasteiger partial charge on any atom is 0.260 e. The first-order valence-corrected chi connectivity index (χ1v) is 6.37. The van der Waals surface area contributed by atoms with Crippen molar-refractivity contribution in [2.75, 3.05) is 13.2 Å². The molecule has 0 radical (unpaired) electrons. The maximum atomic E-state index is 12.0. The number of carbonyl (C=O) groups is 1. The Labute approximate surface area is 107 Å². The van der Waals surface area contributed by atoms with Crippen LogP contribution in [0.3, 0.4) is 0 Å². The number of aliphatic hydroxyl groups excluding tert-OH is 1. The Morgan fingerprint density at radius 3 is 2.78 bits per heavy atom. The molecule has 0 unspecified atom stereocenters. The molecule has 0 atom stereocenters. The fraction of sp³-hybridized carbons (Fsp3) is 0.500. The summed E-state index contributed by atoms with van der Waals surface area (Å²) in [7, 11) is 0. The third-order valence-corrected chi connectivity index (χ3v) is 3.14. The normalized spacial score (nSPS) is 14.3. The summed E-state index contributed by atoms with van der Waals surface area (Å²) < 4.78 is 5.50. The van der Waals surface area contributed by atoms with Crippen molar-refractivity contribution in [1.82, 2.24) is 4.90 Å². The van der Waals surface area contributed by atoms with Crippen molar-refractivity contribution >= 4 is 5.91 Å². The van der Waals surface area contributed by atoms with Gasteiger partial charge in [0.1, 0.15) is 5.75 Å². The number of hydrogen-bond acceptors (Lipinski definition) is 3. The molecule has 0 saturated heterocycles. The fourth-order valence-corrected chi connectivity index (χ4v) is 2.02. The van der Waals surface area contributed by atoms with Crippen molar-refractivity contribution in [3.63, 3.8) is 0 Å². The molecule has 18 heavy (non-hydrogen) atoms. The van der Waals surface area contributed by atoms with Crippen molar-refractivity contribution in [3.8, 4) is 5.75 Å². The molecule has 1 amide bonds. The summed E-state index contributed by atoms with van der Waals surface area (Å²) in [6, 6.07) is 7.64. The van der Waals surface area contributed by atoms with E-state index in [4.69, 9.17) is 9.84 Å². The van der Waals surface area contributed by atoms with Gasteiger partial charge in [0.15, 0.2) is 6.61 Å². The molecule has 1 saturated carbocycles. The van der Waals surface area contributed by atoms with Crippen LogP contribution in [0.1, 0.15) is 25.3 Å². The molecular weight excluding hydrogens is 230 g/mol. The lowest BCUT2D eigenvalue weighted by Gasteiger charge is -2.20. The van der Waals surface area contributed by atoms with Crippen LogP contribution < -0.4 is 4.74 Å². The highest BCUT2D eigenvalue weighted by Crippen LogP contribution is 2.26. The number of aliphatic hydroxyl groups is 1. The van der Waals surface area contributed by atoms with Gasteiger partial charge >= 0.3 is 0 Å². The second kappa shape index (κ2) is 5.87. The van der Waals surface area contributed by atoms with Gasteiger partial charge in [0.25, 0.3) is 5.91 Å². The Kier molecular flexibility index (Phi) is 4.20. The van der Waals surface area contributed by atoms with Crippen molar-refractivity contribution < 1.29 is 14.6 Å². The number of rotatable bonds is 6. The lowest BCUT2D eigenvalue weighted by molar-refractivity contribution is -0.133. The van der Waals surface area contributed by atoms with Crippen LogP contribution in [-0.4, -0.2) is 35.1 Å². The van der Waals surface area contributed by atoms with Gasteiger partial charge in [0.2, 0.25) is 0 Å². The van der Waals surface area contributed by atoms with Crippen LogP contribution in [0.25, 0.3) is 0 Å². The molecule has 1 aliphatic rings. The first-order chi connectivity index (χ1) is 8.76. The van der Waals surface area contributed by atoms with Crippen LogP contribution in [0.4, 0.5) is 0 Å². The number of para-hydroxylation sites is 1. The highest BCUT2D eigenvalue weighted by Gasteiger charge is 2.31. The lowest BCUT2D eigenvalue weighted by atomic mass is 10.2. The first kappa shape index (κ1) is 12.9. The first-order valence-electron chi connectivity index (χ1n) is 6.37. The van der Waals surface area contributed by atoms with E-state index in [0.29, 0.717) is 17.4 Å². The highest BCUT2D eigenvalue weighted by molar-refractivity contribution is 5.78. The van der Waals surface area contributed by atoms with Crippen LogP contribution in [0.5, 0.6) is 5.75 Å². The molecule has 1 aromatic rings. The topological polar surface area (TPSA) is 49.8 Å². The quantitative estimate of drug-likeness (QED) is 0.832. The average Bonchev–Trinajstić information content (AvgIpc) is 3.22. The van der Waals surface area contributed by atoms with Gasteiger partial charge in [-0.05, 0) is 25.8 Å². The zero-order chi connectivity index (χ0) is 13.0. The van der Waals surface area contributed by atoms with Gasteiger partial charge in [0.05, 0.1) is 6.61 Å². The Bertz CT molecular complexity index is 415. The molecule has 98 valence electrons. The summed E-state index contributed by atoms with van der Waals surface area (Å²) in [5.74, 6) is 0.605. The standard InChI is InChI=1S/C14H19NO3/c1-2-15(12-7-8-12)14(17)10-18-13-6-4-3-5-11(13)9-16/h3-6,12,16H,2,7-10H2,1H3. The molecule has 2 rings (SSSR count). The molecule has 1 N–H and O–H groups in total. The number of ether oxygens (including phenoxy) is 1. The fourth-order valence-electron chi connectivity index (χ4n) is 2.02. The van der Waals surface area contributed by atoms with E-state index < -0.39 is 0 Å². The smallest absolute Gasteiger partial charge is 0.260 e. The summed E-state index contributed by atoms with van der Waals surface area (Å²) in [4.78, 5) is 13.8. The highest BCUT2D eigenvalue weighted by atomic mass is 16.5. The van der Waals surface area contributed by atoms with E-state index >= 15 is 0 Å². The third-order valence-electron chi connectivity index (χ3n) is 3.14. The second-order valence-electron chi connectivity index (χ2n) is 4.47. The second-order valence-corrected chi connectivity index (χ2v) is 4.47. The molecule has 4 nitrogen and oxygen atoms in total. The predicted octanol–water partition coefficient (Wildman–Crippen LogP) is 1.57. The van der Waals surface area contributed by atoms with Gasteiger partial charge in [-0.2, -0.15) is 0 Å². The molecular formula is C14H19NO3. The van der Waals surface area contributed by atoms with Crippen molar-refractivity contribution in [2.24, 2.45) is 0 Å². The third kappa shape index (κ3) is 3.01. The largest absolute Gasteiger partial charge is 0.483 e. The van der Waals surface area contributed by atoms with Gasteiger partial charge in [-0.1, -0.05) is 18.2 Å². The molecule has 0 spiro atoms. The van der Waals surface area contributed by atoms with E-state index in [9.17, 15) is 4.79 Å². The predicted molar refractivity (Wildman–Crippen MR) is 68.3 cm³/mol. The molecule has 0 heterocycles. The maximum absolute atomic E-state index is 12.0. The summed E-state index contributed by atoms with van der Waals surface area (Å²) in [6.45, 7) is 2.68. The van der Waals surface area contributed by atoms with Crippen LogP contribution in [0, 0.1) is 0 Å². The Balaban J connectivity index is 1.92. The van der Waals surface area contributed by atoms with E-state index in [2.05, 4.69) is 0 Å². The van der Waals surface area contributed by atoms with Gasteiger partial charge in [0, 0.05) is 18.2 Å². The van der Waals surface area contributed by atoms with Crippen LogP contribution in [-0.2, 0) is 11.4 Å². The van der Waals surface area contributed by atoms with Crippen LogP contribution in [0.2, 0.25) is 0 Å². The Morgan fingerprint density at radius 1 is 1.44 bits per heavy atom. The average molecular weight is 249 g/mol. The SMILES string of the molecule is CCN(C(=O)COc1ccccc1CO)C1CC1. The minimum absolute atomic E-state index is 0.0211. The summed E-state index contributed by atoms with van der Waals surface area (Å²) >= 11 is 0. The van der Waals surface area contributed by atoms with E-state index in [0.717, 1.165) is 19.4 Å². The number of hydrogen-bond donors (Lipinski definition) is 1. The Morgan fingerprint density at radius 2 is 2.17 bits per heavy atom. The molecule has 4 heteroatoms. The summed E-state index contributed by atoms with van der Waals surface area (Å²) in [5.41, 5.74) is 0.708. The van der Waals surface area contributed by atoms with E-state index in [-0.39, 0.29) is 19.1 Å². The molecule has 1 aromatic carbocycles. The molecule has 0 bridgehead atoms. The summed E-state index contributed by atoms with van der Waals surface area (Å²) in [6.07, 6.45) is 2.21. The van der Waals surface area contributed by atoms with E-state index in [1.165, 1.54) is 0 Å². The molecule has 0 aromatic heterocycles. The van der Waals surface area contributed by atoms with Gasteiger partial charge in [-0.15, -0.1) is 0 Å². The number of amides is 1. The molecule has 0 aliphatic heterocycles. The zero-order valence-corrected chi connectivity index (χ0v) is 10.6. The van der Waals surface area contributed by atoms with Crippen molar-refractivity contribution in [3.05, 3.63) is 29.8 Å². The number of nitrogens with zero attached hydrogens (tertiary/aromatic N) is 1. The van der Waals surface area contributed by atoms with Gasteiger partial charge in [-0.25, -0.2) is 0 Å². The minimum atomic E-state index is -0.0789. The van der Waals surface area contributed by atoms with Gasteiger partial charge in [-0.3, -0.25) is 4.79 Å². The monoisotopic (exact) mass is 249 g/mol. The number of carbonyl (C=O) groups excluding carboxylic acids is 1. The summed E-state index contributed by atoms with van der Waals surface area (Å²) in [5, 5.41) is 9.16. The Hall–Kier alpha value is -1.55. The molecule has 1 fully saturated rings. The minimum Gasteiger partial charge on any atom is -0.483 e. The van der Waals surface area contributed by atoms with E-state index in [1.54, 1.807) is 12.1 Å². The zero-order valence-electron chi connectivity index (χ0n) is 10.6. The van der Waals surface area contributed by atoms with Crippen molar-refractivity contribution in [1.29, 1.82) is 0 Å². The number of likely N-dealkylation sites (N-methyl/N-ethyl adjacent to an activating group) is 1. The van der Waals surface area contributed by atoms with E-state index in [1.807, 2.05) is 24.0 Å². The lowest BCUT2D eigenvalue weighted by Crippen LogP contribution is -2.36.